The van der Waals surface area contributed by atoms with E-state index >= 15 is 0 Å². The molecule has 2 aliphatic heterocycles. The van der Waals surface area contributed by atoms with Gasteiger partial charge in [0.25, 0.3) is 0 Å². The van der Waals surface area contributed by atoms with E-state index in [1.807, 2.05) is 0 Å². The van der Waals surface area contributed by atoms with E-state index in [9.17, 15) is 4.79 Å². The number of rotatable bonds is 7. The molecule has 0 spiro atoms. The molecule has 2 aliphatic rings. The fraction of sp³-hybridized carbons (Fsp3) is 0.929. The lowest BCUT2D eigenvalue weighted by molar-refractivity contribution is -0.125. The molecule has 1 amide bonds. The molecule has 3 atom stereocenters. The van der Waals surface area contributed by atoms with Gasteiger partial charge in [0, 0.05) is 25.8 Å². The minimum Gasteiger partial charge on any atom is -0.379 e. The molecule has 110 valence electrons. The summed E-state index contributed by atoms with van der Waals surface area (Å²) in [6.45, 7) is 5.98. The summed E-state index contributed by atoms with van der Waals surface area (Å²) in [6.07, 6.45) is 4.37. The third-order valence-electron chi connectivity index (χ3n) is 3.95. The molecule has 2 rings (SSSR count). The van der Waals surface area contributed by atoms with E-state index in [4.69, 9.17) is 9.47 Å². The van der Waals surface area contributed by atoms with Crippen molar-refractivity contribution in [2.75, 3.05) is 32.9 Å². The van der Waals surface area contributed by atoms with Crippen LogP contribution in [0.3, 0.4) is 0 Å². The highest BCUT2D eigenvalue weighted by atomic mass is 16.5. The van der Waals surface area contributed by atoms with Crippen molar-refractivity contribution >= 4 is 5.91 Å². The molecule has 5 heteroatoms. The third-order valence-corrected chi connectivity index (χ3v) is 3.95. The average molecular weight is 270 g/mol. The zero-order chi connectivity index (χ0) is 13.5. The summed E-state index contributed by atoms with van der Waals surface area (Å²) in [5, 5.41) is 6.29. The Labute approximate surface area is 115 Å². The Kier molecular flexibility index (Phi) is 6.07. The standard InChI is InChI=1S/C14H26N2O3/c1-11-13(5-7-15-11)14(17)16-6-3-8-18-10-12-4-2-9-19-12/h11-13,15H,2-10H2,1H3,(H,16,17). The van der Waals surface area contributed by atoms with Gasteiger partial charge in [-0.3, -0.25) is 4.79 Å². The molecule has 2 fully saturated rings. The first-order chi connectivity index (χ1) is 9.27. The number of ether oxygens (including phenoxy) is 2. The largest absolute Gasteiger partial charge is 0.379 e. The molecule has 0 saturated carbocycles. The Morgan fingerprint density at radius 1 is 1.47 bits per heavy atom. The van der Waals surface area contributed by atoms with Gasteiger partial charge in [0.15, 0.2) is 0 Å². The fourth-order valence-electron chi connectivity index (χ4n) is 2.72. The van der Waals surface area contributed by atoms with E-state index in [1.54, 1.807) is 0 Å². The first kappa shape index (κ1) is 14.8. The van der Waals surface area contributed by atoms with E-state index in [2.05, 4.69) is 17.6 Å². The van der Waals surface area contributed by atoms with Crippen molar-refractivity contribution in [1.29, 1.82) is 0 Å². The summed E-state index contributed by atoms with van der Waals surface area (Å²) < 4.78 is 11.0. The lowest BCUT2D eigenvalue weighted by atomic mass is 10.0. The molecule has 0 aromatic carbocycles. The minimum absolute atomic E-state index is 0.132. The summed E-state index contributed by atoms with van der Waals surface area (Å²) in [5.74, 6) is 0.310. The first-order valence-electron chi connectivity index (χ1n) is 7.48. The molecule has 2 saturated heterocycles. The summed E-state index contributed by atoms with van der Waals surface area (Å²) in [4.78, 5) is 11.9. The van der Waals surface area contributed by atoms with Crippen LogP contribution in [0.4, 0.5) is 0 Å². The van der Waals surface area contributed by atoms with Crippen LogP contribution in [-0.2, 0) is 14.3 Å². The normalized spacial score (nSPS) is 30.7. The number of carbonyl (C=O) groups excluding carboxylic acids is 1. The molecule has 0 bridgehead atoms. The van der Waals surface area contributed by atoms with E-state index in [0.717, 1.165) is 38.8 Å². The Morgan fingerprint density at radius 2 is 2.37 bits per heavy atom. The highest BCUT2D eigenvalue weighted by Crippen LogP contribution is 2.15. The van der Waals surface area contributed by atoms with Gasteiger partial charge < -0.3 is 20.1 Å². The van der Waals surface area contributed by atoms with E-state index < -0.39 is 0 Å². The van der Waals surface area contributed by atoms with Crippen LogP contribution in [0.5, 0.6) is 0 Å². The number of carbonyl (C=O) groups is 1. The number of amides is 1. The van der Waals surface area contributed by atoms with E-state index in [0.29, 0.717) is 31.9 Å². The molecular formula is C14H26N2O3. The van der Waals surface area contributed by atoms with Gasteiger partial charge >= 0.3 is 0 Å². The van der Waals surface area contributed by atoms with Crippen LogP contribution < -0.4 is 10.6 Å². The summed E-state index contributed by atoms with van der Waals surface area (Å²) >= 11 is 0. The van der Waals surface area contributed by atoms with Gasteiger partial charge in [0.2, 0.25) is 5.91 Å². The molecule has 0 aliphatic carbocycles. The third kappa shape index (κ3) is 4.75. The van der Waals surface area contributed by atoms with Crippen molar-refractivity contribution in [3.05, 3.63) is 0 Å². The molecule has 3 unspecified atom stereocenters. The number of hydrogen-bond donors (Lipinski definition) is 2. The van der Waals surface area contributed by atoms with Gasteiger partial charge in [0.05, 0.1) is 18.6 Å². The molecule has 2 N–H and O–H groups in total. The topological polar surface area (TPSA) is 59.6 Å². The summed E-state index contributed by atoms with van der Waals surface area (Å²) in [7, 11) is 0. The highest BCUT2D eigenvalue weighted by molar-refractivity contribution is 5.79. The fourth-order valence-corrected chi connectivity index (χ4v) is 2.72. The van der Waals surface area contributed by atoms with Gasteiger partial charge in [-0.1, -0.05) is 0 Å². The van der Waals surface area contributed by atoms with Crippen LogP contribution in [0.1, 0.15) is 32.6 Å². The Morgan fingerprint density at radius 3 is 3.05 bits per heavy atom. The van der Waals surface area contributed by atoms with Gasteiger partial charge in [-0.25, -0.2) is 0 Å². The molecule has 5 nitrogen and oxygen atoms in total. The Balaban J connectivity index is 1.46. The van der Waals surface area contributed by atoms with Crippen molar-refractivity contribution < 1.29 is 14.3 Å². The van der Waals surface area contributed by atoms with Crippen LogP contribution >= 0.6 is 0 Å². The zero-order valence-electron chi connectivity index (χ0n) is 11.8. The first-order valence-corrected chi connectivity index (χ1v) is 7.48. The molecule has 2 heterocycles. The maximum atomic E-state index is 11.9. The van der Waals surface area contributed by atoms with Crippen molar-refractivity contribution in [3.8, 4) is 0 Å². The second kappa shape index (κ2) is 7.82. The smallest absolute Gasteiger partial charge is 0.224 e. The average Bonchev–Trinajstić information content (AvgIpc) is 3.04. The Hall–Kier alpha value is -0.650. The molecular weight excluding hydrogens is 244 g/mol. The molecule has 0 radical (unpaired) electrons. The Bertz CT molecular complexity index is 280. The van der Waals surface area contributed by atoms with Crippen LogP contribution in [0.15, 0.2) is 0 Å². The second-order valence-electron chi connectivity index (χ2n) is 5.49. The number of hydrogen-bond acceptors (Lipinski definition) is 4. The quantitative estimate of drug-likeness (QED) is 0.668. The van der Waals surface area contributed by atoms with Crippen LogP contribution in [0.2, 0.25) is 0 Å². The van der Waals surface area contributed by atoms with Crippen LogP contribution in [0.25, 0.3) is 0 Å². The minimum atomic E-state index is 0.132. The summed E-state index contributed by atoms with van der Waals surface area (Å²) in [6, 6.07) is 0.302. The molecule has 0 aromatic rings. The van der Waals surface area contributed by atoms with E-state index in [-0.39, 0.29) is 11.8 Å². The lowest BCUT2D eigenvalue weighted by Crippen LogP contribution is -2.37. The van der Waals surface area contributed by atoms with Crippen molar-refractivity contribution in [1.82, 2.24) is 10.6 Å². The van der Waals surface area contributed by atoms with Crippen LogP contribution in [0, 0.1) is 5.92 Å². The van der Waals surface area contributed by atoms with Gasteiger partial charge in [-0.05, 0) is 39.2 Å². The maximum absolute atomic E-state index is 11.9. The SMILES string of the molecule is CC1NCCC1C(=O)NCCCOCC1CCCO1. The second-order valence-corrected chi connectivity index (χ2v) is 5.49. The molecule has 0 aromatic heterocycles. The van der Waals surface area contributed by atoms with E-state index in [1.165, 1.54) is 0 Å². The van der Waals surface area contributed by atoms with Crippen molar-refractivity contribution in [2.45, 2.75) is 44.8 Å². The number of nitrogens with one attached hydrogen (secondary N) is 2. The van der Waals surface area contributed by atoms with Gasteiger partial charge in [0.1, 0.15) is 0 Å². The predicted octanol–water partition coefficient (Wildman–Crippen LogP) is 0.686. The predicted molar refractivity (Wildman–Crippen MR) is 73.0 cm³/mol. The van der Waals surface area contributed by atoms with Crippen molar-refractivity contribution in [2.24, 2.45) is 5.92 Å². The van der Waals surface area contributed by atoms with Crippen molar-refractivity contribution in [3.63, 3.8) is 0 Å². The monoisotopic (exact) mass is 270 g/mol. The maximum Gasteiger partial charge on any atom is 0.224 e. The summed E-state index contributed by atoms with van der Waals surface area (Å²) in [5.41, 5.74) is 0. The highest BCUT2D eigenvalue weighted by Gasteiger charge is 2.28. The van der Waals surface area contributed by atoms with Gasteiger partial charge in [-0.15, -0.1) is 0 Å². The lowest BCUT2D eigenvalue weighted by Gasteiger charge is -2.15. The van der Waals surface area contributed by atoms with Crippen LogP contribution in [-0.4, -0.2) is 51.0 Å². The zero-order valence-corrected chi connectivity index (χ0v) is 11.8. The van der Waals surface area contributed by atoms with Gasteiger partial charge in [-0.2, -0.15) is 0 Å². The molecule has 19 heavy (non-hydrogen) atoms.